The van der Waals surface area contributed by atoms with E-state index in [2.05, 4.69) is 5.32 Å². The molecule has 6 heteroatoms. The van der Waals surface area contributed by atoms with Gasteiger partial charge in [-0.3, -0.25) is 4.79 Å². The highest BCUT2D eigenvalue weighted by molar-refractivity contribution is 7.08. The highest BCUT2D eigenvalue weighted by Crippen LogP contribution is 2.15. The van der Waals surface area contributed by atoms with Gasteiger partial charge in [0.25, 0.3) is 5.91 Å². The number of hydrogen-bond acceptors (Lipinski definition) is 5. The Hall–Kier alpha value is -2.34. The van der Waals surface area contributed by atoms with Crippen LogP contribution in [0.3, 0.4) is 0 Å². The van der Waals surface area contributed by atoms with Crippen LogP contribution in [0.1, 0.15) is 10.4 Å². The van der Waals surface area contributed by atoms with E-state index < -0.39 is 11.9 Å². The third-order valence-electron chi connectivity index (χ3n) is 2.47. The molecule has 1 amide bonds. The van der Waals surface area contributed by atoms with Crippen LogP contribution in [0.25, 0.3) is 0 Å². The molecule has 0 bridgehead atoms. The summed E-state index contributed by atoms with van der Waals surface area (Å²) in [6, 6.07) is 8.52. The normalized spacial score (nSPS) is 9.85. The minimum absolute atomic E-state index is 0.319. The van der Waals surface area contributed by atoms with Gasteiger partial charge in [-0.05, 0) is 35.7 Å². The van der Waals surface area contributed by atoms with E-state index in [1.165, 1.54) is 11.3 Å². The van der Waals surface area contributed by atoms with Gasteiger partial charge >= 0.3 is 5.97 Å². The Morgan fingerprint density at radius 2 is 1.95 bits per heavy atom. The van der Waals surface area contributed by atoms with Gasteiger partial charge in [0.05, 0.1) is 12.7 Å². The summed E-state index contributed by atoms with van der Waals surface area (Å²) in [5, 5.41) is 6.07. The lowest BCUT2D eigenvalue weighted by Gasteiger charge is -2.06. The Morgan fingerprint density at radius 1 is 1.20 bits per heavy atom. The molecule has 5 nitrogen and oxygen atoms in total. The van der Waals surface area contributed by atoms with E-state index in [0.29, 0.717) is 17.0 Å². The molecule has 1 aromatic carbocycles. The SMILES string of the molecule is COc1ccc(NC(=O)COC(=O)c2ccsc2)cc1. The fraction of sp³-hybridized carbons (Fsp3) is 0.143. The molecule has 20 heavy (non-hydrogen) atoms. The first-order chi connectivity index (χ1) is 9.69. The van der Waals surface area contributed by atoms with Crippen molar-refractivity contribution in [1.29, 1.82) is 0 Å². The molecule has 0 atom stereocenters. The van der Waals surface area contributed by atoms with Crippen LogP contribution in [-0.4, -0.2) is 25.6 Å². The van der Waals surface area contributed by atoms with E-state index in [0.717, 1.165) is 0 Å². The third-order valence-corrected chi connectivity index (χ3v) is 3.15. The number of esters is 1. The number of rotatable bonds is 5. The van der Waals surface area contributed by atoms with Gasteiger partial charge in [-0.15, -0.1) is 0 Å². The molecule has 1 aromatic heterocycles. The van der Waals surface area contributed by atoms with Crippen molar-refractivity contribution >= 4 is 28.9 Å². The second-order valence-electron chi connectivity index (χ2n) is 3.86. The van der Waals surface area contributed by atoms with Crippen molar-refractivity contribution in [3.8, 4) is 5.75 Å². The number of nitrogens with one attached hydrogen (secondary N) is 1. The van der Waals surface area contributed by atoms with Gasteiger partial charge in [0.1, 0.15) is 5.75 Å². The second kappa shape index (κ2) is 6.72. The maximum Gasteiger partial charge on any atom is 0.339 e. The van der Waals surface area contributed by atoms with Crippen molar-refractivity contribution in [3.63, 3.8) is 0 Å². The summed E-state index contributed by atoms with van der Waals surface area (Å²) in [5.74, 6) is -0.193. The quantitative estimate of drug-likeness (QED) is 0.860. The standard InChI is InChI=1S/C14H13NO4S/c1-18-12-4-2-11(3-5-12)15-13(16)8-19-14(17)10-6-7-20-9-10/h2-7,9H,8H2,1H3,(H,15,16). The van der Waals surface area contributed by atoms with Gasteiger partial charge in [0, 0.05) is 11.1 Å². The maximum absolute atomic E-state index is 11.6. The lowest BCUT2D eigenvalue weighted by Crippen LogP contribution is -2.20. The first-order valence-corrected chi connectivity index (χ1v) is 6.76. The van der Waals surface area contributed by atoms with Crippen molar-refractivity contribution in [2.75, 3.05) is 19.0 Å². The van der Waals surface area contributed by atoms with Crippen LogP contribution in [0.15, 0.2) is 41.1 Å². The molecule has 0 aliphatic rings. The van der Waals surface area contributed by atoms with Crippen LogP contribution in [0.2, 0.25) is 0 Å². The van der Waals surface area contributed by atoms with Gasteiger partial charge in [-0.25, -0.2) is 4.79 Å². The number of benzene rings is 1. The highest BCUT2D eigenvalue weighted by atomic mass is 32.1. The Kier molecular flexibility index (Phi) is 4.73. The van der Waals surface area contributed by atoms with E-state index in [1.807, 2.05) is 0 Å². The molecular weight excluding hydrogens is 278 g/mol. The summed E-state index contributed by atoms with van der Waals surface area (Å²) in [7, 11) is 1.57. The van der Waals surface area contributed by atoms with E-state index in [1.54, 1.807) is 48.2 Å². The Labute approximate surface area is 120 Å². The van der Waals surface area contributed by atoms with Crippen LogP contribution in [0.4, 0.5) is 5.69 Å². The number of anilines is 1. The summed E-state index contributed by atoms with van der Waals surface area (Å²) in [4.78, 5) is 23.2. The summed E-state index contributed by atoms with van der Waals surface area (Å²) < 4.78 is 9.91. The molecule has 0 aliphatic carbocycles. The summed E-state index contributed by atoms with van der Waals surface area (Å²) in [6.45, 7) is -0.319. The molecule has 0 fully saturated rings. The molecule has 0 saturated heterocycles. The van der Waals surface area contributed by atoms with Crippen LogP contribution in [-0.2, 0) is 9.53 Å². The molecule has 2 rings (SSSR count). The smallest absolute Gasteiger partial charge is 0.339 e. The van der Waals surface area contributed by atoms with Gasteiger partial charge < -0.3 is 14.8 Å². The molecular formula is C14H13NO4S. The van der Waals surface area contributed by atoms with Crippen molar-refractivity contribution < 1.29 is 19.1 Å². The molecule has 0 radical (unpaired) electrons. The van der Waals surface area contributed by atoms with Gasteiger partial charge in [-0.2, -0.15) is 11.3 Å². The van der Waals surface area contributed by atoms with E-state index in [9.17, 15) is 9.59 Å². The maximum atomic E-state index is 11.6. The van der Waals surface area contributed by atoms with Gasteiger partial charge in [0.15, 0.2) is 6.61 Å². The lowest BCUT2D eigenvalue weighted by atomic mass is 10.3. The minimum atomic E-state index is -0.504. The fourth-order valence-electron chi connectivity index (χ4n) is 1.47. The average Bonchev–Trinajstić information content (AvgIpc) is 3.00. The average molecular weight is 291 g/mol. The molecule has 1 heterocycles. The molecule has 0 spiro atoms. The Bertz CT molecular complexity index is 578. The highest BCUT2D eigenvalue weighted by Gasteiger charge is 2.10. The number of thiophene rings is 1. The van der Waals surface area contributed by atoms with Gasteiger partial charge in [0.2, 0.25) is 0 Å². The topological polar surface area (TPSA) is 64.6 Å². The number of ether oxygens (including phenoxy) is 2. The van der Waals surface area contributed by atoms with E-state index in [-0.39, 0.29) is 6.61 Å². The van der Waals surface area contributed by atoms with Crippen LogP contribution in [0, 0.1) is 0 Å². The number of amides is 1. The number of hydrogen-bond donors (Lipinski definition) is 1. The fourth-order valence-corrected chi connectivity index (χ4v) is 2.09. The lowest BCUT2D eigenvalue weighted by molar-refractivity contribution is -0.119. The van der Waals surface area contributed by atoms with E-state index >= 15 is 0 Å². The molecule has 1 N–H and O–H groups in total. The summed E-state index contributed by atoms with van der Waals surface area (Å²) in [5.41, 5.74) is 1.06. The zero-order chi connectivity index (χ0) is 14.4. The second-order valence-corrected chi connectivity index (χ2v) is 4.64. The van der Waals surface area contributed by atoms with Crippen LogP contribution >= 0.6 is 11.3 Å². The molecule has 0 saturated carbocycles. The van der Waals surface area contributed by atoms with Crippen LogP contribution in [0.5, 0.6) is 5.75 Å². The van der Waals surface area contributed by atoms with Crippen molar-refractivity contribution in [1.82, 2.24) is 0 Å². The Balaban J connectivity index is 1.81. The molecule has 0 unspecified atom stereocenters. The third kappa shape index (κ3) is 3.83. The number of methoxy groups -OCH3 is 1. The first-order valence-electron chi connectivity index (χ1n) is 5.82. The van der Waals surface area contributed by atoms with Crippen molar-refractivity contribution in [2.45, 2.75) is 0 Å². The zero-order valence-corrected chi connectivity index (χ0v) is 11.6. The number of carbonyl (C=O) groups excluding carboxylic acids is 2. The predicted octanol–water partition coefficient (Wildman–Crippen LogP) is 2.55. The van der Waals surface area contributed by atoms with Crippen molar-refractivity contribution in [3.05, 3.63) is 46.7 Å². The number of carbonyl (C=O) groups is 2. The van der Waals surface area contributed by atoms with Crippen molar-refractivity contribution in [2.24, 2.45) is 0 Å². The minimum Gasteiger partial charge on any atom is -0.497 e. The monoisotopic (exact) mass is 291 g/mol. The van der Waals surface area contributed by atoms with Crippen LogP contribution < -0.4 is 10.1 Å². The summed E-state index contributed by atoms with van der Waals surface area (Å²) in [6.07, 6.45) is 0. The first kappa shape index (κ1) is 14.1. The predicted molar refractivity (Wildman–Crippen MR) is 76.2 cm³/mol. The van der Waals surface area contributed by atoms with E-state index in [4.69, 9.17) is 9.47 Å². The van der Waals surface area contributed by atoms with Gasteiger partial charge in [-0.1, -0.05) is 0 Å². The summed E-state index contributed by atoms with van der Waals surface area (Å²) >= 11 is 1.40. The largest absolute Gasteiger partial charge is 0.497 e. The molecule has 2 aromatic rings. The zero-order valence-electron chi connectivity index (χ0n) is 10.8. The molecule has 104 valence electrons. The Morgan fingerprint density at radius 3 is 2.55 bits per heavy atom. The molecule has 0 aliphatic heterocycles.